The van der Waals surface area contributed by atoms with Gasteiger partial charge in [-0.2, -0.15) is 0 Å². The quantitative estimate of drug-likeness (QED) is 0.917. The lowest BCUT2D eigenvalue weighted by molar-refractivity contribution is -0.123. The van der Waals surface area contributed by atoms with Crippen molar-refractivity contribution in [1.29, 1.82) is 0 Å². The molecule has 7 heteroatoms. The molecule has 0 unspecified atom stereocenters. The van der Waals surface area contributed by atoms with Crippen LogP contribution in [0.15, 0.2) is 53.4 Å². The standard InChI is InChI=1S/C17H16N2O4S/c1-24(22)15-9-5-2-6-12(15)18-16(20)10-19-13-7-3-4-8-14(13)23-11-17(19)21/h2-9H,10-11H2,1H3,(H,18,20)/t24-/m1/s1. The van der Waals surface area contributed by atoms with Gasteiger partial charge in [-0.15, -0.1) is 0 Å². The van der Waals surface area contributed by atoms with Gasteiger partial charge in [-0.25, -0.2) is 0 Å². The van der Waals surface area contributed by atoms with Gasteiger partial charge in [0, 0.05) is 6.26 Å². The second-order valence-corrected chi connectivity index (χ2v) is 6.58. The number of amides is 2. The number of hydrogen-bond donors (Lipinski definition) is 1. The summed E-state index contributed by atoms with van der Waals surface area (Å²) in [5, 5.41) is 2.72. The van der Waals surface area contributed by atoms with Gasteiger partial charge in [0.05, 0.1) is 27.1 Å². The van der Waals surface area contributed by atoms with Crippen molar-refractivity contribution in [1.82, 2.24) is 0 Å². The van der Waals surface area contributed by atoms with E-state index in [2.05, 4.69) is 5.32 Å². The number of hydrogen-bond acceptors (Lipinski definition) is 4. The van der Waals surface area contributed by atoms with Crippen LogP contribution in [0, 0.1) is 0 Å². The summed E-state index contributed by atoms with van der Waals surface area (Å²) in [6, 6.07) is 14.0. The zero-order valence-electron chi connectivity index (χ0n) is 13.0. The lowest BCUT2D eigenvalue weighted by atomic mass is 10.2. The molecule has 0 aromatic heterocycles. The van der Waals surface area contributed by atoms with E-state index in [4.69, 9.17) is 4.74 Å². The molecule has 0 aliphatic carbocycles. The summed E-state index contributed by atoms with van der Waals surface area (Å²) >= 11 is 0. The molecular formula is C17H16N2O4S. The Kier molecular flexibility index (Phi) is 4.61. The second kappa shape index (κ2) is 6.84. The second-order valence-electron chi connectivity index (χ2n) is 5.23. The Bertz CT molecular complexity index is 822. The number of ether oxygens (including phenoxy) is 1. The summed E-state index contributed by atoms with van der Waals surface area (Å²) in [5.74, 6) is -0.0749. The van der Waals surface area contributed by atoms with Crippen LogP contribution in [0.4, 0.5) is 11.4 Å². The SMILES string of the molecule is C[S@@](=O)c1ccccc1NC(=O)CN1C(=O)COc2ccccc21. The maximum atomic E-state index is 12.4. The van der Waals surface area contributed by atoms with Gasteiger partial charge in [0.1, 0.15) is 12.3 Å². The van der Waals surface area contributed by atoms with Gasteiger partial charge in [-0.1, -0.05) is 24.3 Å². The van der Waals surface area contributed by atoms with E-state index >= 15 is 0 Å². The van der Waals surface area contributed by atoms with Crippen LogP contribution in [-0.4, -0.2) is 35.4 Å². The molecule has 1 N–H and O–H groups in total. The van der Waals surface area contributed by atoms with Crippen LogP contribution in [0.1, 0.15) is 0 Å². The molecule has 2 aromatic carbocycles. The van der Waals surface area contributed by atoms with Crippen molar-refractivity contribution in [3.8, 4) is 5.75 Å². The lowest BCUT2D eigenvalue weighted by Gasteiger charge is -2.28. The molecule has 0 saturated carbocycles. The Morgan fingerprint density at radius 3 is 2.71 bits per heavy atom. The minimum Gasteiger partial charge on any atom is -0.482 e. The highest BCUT2D eigenvalue weighted by molar-refractivity contribution is 7.84. The van der Waals surface area contributed by atoms with E-state index < -0.39 is 10.8 Å². The van der Waals surface area contributed by atoms with Gasteiger partial charge in [0.25, 0.3) is 5.91 Å². The van der Waals surface area contributed by atoms with Crippen molar-refractivity contribution < 1.29 is 18.5 Å². The summed E-state index contributed by atoms with van der Waals surface area (Å²) in [7, 11) is -1.22. The maximum absolute atomic E-state index is 12.4. The first-order valence-electron chi connectivity index (χ1n) is 7.31. The van der Waals surface area contributed by atoms with Gasteiger partial charge < -0.3 is 10.1 Å². The zero-order chi connectivity index (χ0) is 17.1. The summed E-state index contributed by atoms with van der Waals surface area (Å²) in [5.41, 5.74) is 1.05. The van der Waals surface area contributed by atoms with Crippen molar-refractivity contribution >= 4 is 34.0 Å². The molecule has 1 aliphatic rings. The van der Waals surface area contributed by atoms with Gasteiger partial charge in [-0.05, 0) is 24.3 Å². The smallest absolute Gasteiger partial charge is 0.265 e. The first-order chi connectivity index (χ1) is 11.6. The zero-order valence-corrected chi connectivity index (χ0v) is 13.8. The third-order valence-corrected chi connectivity index (χ3v) is 4.56. The fourth-order valence-electron chi connectivity index (χ4n) is 2.48. The minimum atomic E-state index is -1.22. The molecule has 1 atom stereocenters. The molecule has 0 spiro atoms. The van der Waals surface area contributed by atoms with E-state index in [1.807, 2.05) is 0 Å². The van der Waals surface area contributed by atoms with E-state index in [0.29, 0.717) is 22.0 Å². The summed E-state index contributed by atoms with van der Waals surface area (Å²) < 4.78 is 17.1. The first-order valence-corrected chi connectivity index (χ1v) is 8.86. The van der Waals surface area contributed by atoms with Crippen LogP contribution in [0.3, 0.4) is 0 Å². The van der Waals surface area contributed by atoms with Crippen molar-refractivity contribution in [3.05, 3.63) is 48.5 Å². The van der Waals surface area contributed by atoms with E-state index in [0.717, 1.165) is 0 Å². The number of carbonyl (C=O) groups is 2. The summed E-state index contributed by atoms with van der Waals surface area (Å²) in [6.07, 6.45) is 1.55. The normalized spacial score (nSPS) is 14.5. The highest BCUT2D eigenvalue weighted by Crippen LogP contribution is 2.31. The Hall–Kier alpha value is -2.67. The van der Waals surface area contributed by atoms with E-state index in [9.17, 15) is 13.8 Å². The lowest BCUT2D eigenvalue weighted by Crippen LogP contribution is -2.43. The van der Waals surface area contributed by atoms with Crippen LogP contribution in [0.2, 0.25) is 0 Å². The van der Waals surface area contributed by atoms with E-state index in [-0.39, 0.29) is 25.0 Å². The Morgan fingerprint density at radius 2 is 1.92 bits per heavy atom. The van der Waals surface area contributed by atoms with Crippen LogP contribution in [-0.2, 0) is 20.4 Å². The molecule has 24 heavy (non-hydrogen) atoms. The number of nitrogens with zero attached hydrogens (tertiary/aromatic N) is 1. The van der Waals surface area contributed by atoms with E-state index in [1.165, 1.54) is 4.90 Å². The third kappa shape index (κ3) is 3.30. The predicted molar refractivity (Wildman–Crippen MR) is 91.7 cm³/mol. The topological polar surface area (TPSA) is 75.7 Å². The van der Waals surface area contributed by atoms with Crippen molar-refractivity contribution in [2.24, 2.45) is 0 Å². The van der Waals surface area contributed by atoms with Crippen molar-refractivity contribution in [3.63, 3.8) is 0 Å². The van der Waals surface area contributed by atoms with Crippen molar-refractivity contribution in [2.75, 3.05) is 29.6 Å². The number of anilines is 2. The summed E-state index contributed by atoms with van der Waals surface area (Å²) in [4.78, 5) is 26.4. The van der Waals surface area contributed by atoms with Crippen LogP contribution < -0.4 is 15.0 Å². The molecular weight excluding hydrogens is 328 g/mol. The molecule has 1 aliphatic heterocycles. The Labute approximate surface area is 141 Å². The van der Waals surface area contributed by atoms with Gasteiger partial charge in [-0.3, -0.25) is 18.7 Å². The molecule has 0 saturated heterocycles. The summed E-state index contributed by atoms with van der Waals surface area (Å²) in [6.45, 7) is -0.232. The highest BCUT2D eigenvalue weighted by atomic mass is 32.2. The van der Waals surface area contributed by atoms with Gasteiger partial charge in [0.15, 0.2) is 6.61 Å². The van der Waals surface area contributed by atoms with Crippen LogP contribution in [0.25, 0.3) is 0 Å². The van der Waals surface area contributed by atoms with Gasteiger partial charge in [0.2, 0.25) is 5.91 Å². The Balaban J connectivity index is 1.79. The fraction of sp³-hybridized carbons (Fsp3) is 0.176. The number of benzene rings is 2. The highest BCUT2D eigenvalue weighted by Gasteiger charge is 2.27. The average molecular weight is 344 g/mol. The number of carbonyl (C=O) groups excluding carboxylic acids is 2. The third-order valence-electron chi connectivity index (χ3n) is 3.58. The fourth-order valence-corrected chi connectivity index (χ4v) is 3.18. The molecule has 2 aromatic rings. The first kappa shape index (κ1) is 16.2. The predicted octanol–water partition coefficient (Wildman–Crippen LogP) is 1.79. The molecule has 1 heterocycles. The largest absolute Gasteiger partial charge is 0.482 e. The maximum Gasteiger partial charge on any atom is 0.265 e. The van der Waals surface area contributed by atoms with Crippen molar-refractivity contribution in [2.45, 2.75) is 4.90 Å². The number of para-hydroxylation sites is 3. The number of nitrogens with one attached hydrogen (secondary N) is 1. The minimum absolute atomic E-state index is 0.0974. The van der Waals surface area contributed by atoms with Crippen LogP contribution >= 0.6 is 0 Å². The number of rotatable bonds is 4. The molecule has 0 fully saturated rings. The molecule has 3 rings (SSSR count). The molecule has 6 nitrogen and oxygen atoms in total. The average Bonchev–Trinajstić information content (AvgIpc) is 2.58. The number of fused-ring (bicyclic) bond motifs is 1. The van der Waals surface area contributed by atoms with Gasteiger partial charge >= 0.3 is 0 Å². The molecule has 2 amide bonds. The Morgan fingerprint density at radius 1 is 1.21 bits per heavy atom. The van der Waals surface area contributed by atoms with E-state index in [1.54, 1.807) is 54.8 Å². The monoisotopic (exact) mass is 344 g/mol. The molecule has 124 valence electrons. The molecule has 0 bridgehead atoms. The molecule has 0 radical (unpaired) electrons. The van der Waals surface area contributed by atoms with Crippen LogP contribution in [0.5, 0.6) is 5.75 Å².